The van der Waals surface area contributed by atoms with Crippen LogP contribution < -0.4 is 5.73 Å². The van der Waals surface area contributed by atoms with Crippen LogP contribution in [0.15, 0.2) is 17.5 Å². The molecule has 2 aromatic rings. The number of rotatable bonds is 3. The number of aromatic nitrogens is 2. The molecule has 0 amide bonds. The van der Waals surface area contributed by atoms with Crippen LogP contribution in [0.1, 0.15) is 18.2 Å². The average molecular weight is 221 g/mol. The van der Waals surface area contributed by atoms with Crippen molar-refractivity contribution in [2.45, 2.75) is 26.3 Å². The second-order valence-electron chi connectivity index (χ2n) is 3.89. The first-order valence-corrected chi connectivity index (χ1v) is 5.89. The molecule has 0 bridgehead atoms. The van der Waals surface area contributed by atoms with Crippen molar-refractivity contribution in [3.8, 4) is 10.6 Å². The van der Waals surface area contributed by atoms with E-state index in [2.05, 4.69) is 34.6 Å². The van der Waals surface area contributed by atoms with Crippen LogP contribution in [-0.2, 0) is 6.42 Å². The molecule has 0 spiro atoms. The molecule has 0 aliphatic carbocycles. The molecule has 3 nitrogen and oxygen atoms in total. The lowest BCUT2D eigenvalue weighted by molar-refractivity contribution is 0.719. The van der Waals surface area contributed by atoms with Gasteiger partial charge < -0.3 is 5.73 Å². The summed E-state index contributed by atoms with van der Waals surface area (Å²) in [5.74, 6) is 0. The number of hydrogen-bond donors (Lipinski definition) is 2. The van der Waals surface area contributed by atoms with Crippen LogP contribution in [0.4, 0.5) is 0 Å². The third-order valence-electron chi connectivity index (χ3n) is 2.27. The van der Waals surface area contributed by atoms with E-state index in [9.17, 15) is 0 Å². The summed E-state index contributed by atoms with van der Waals surface area (Å²) < 4.78 is 0. The summed E-state index contributed by atoms with van der Waals surface area (Å²) in [5.41, 5.74) is 9.14. The Kier molecular flexibility index (Phi) is 2.88. The highest BCUT2D eigenvalue weighted by molar-refractivity contribution is 7.13. The maximum Gasteiger partial charge on any atom is 0.103 e. The average Bonchev–Trinajstić information content (AvgIpc) is 2.72. The van der Waals surface area contributed by atoms with Gasteiger partial charge in [-0.15, -0.1) is 11.3 Å². The van der Waals surface area contributed by atoms with Gasteiger partial charge in [-0.3, -0.25) is 5.10 Å². The van der Waals surface area contributed by atoms with Crippen molar-refractivity contribution in [3.63, 3.8) is 0 Å². The topological polar surface area (TPSA) is 54.7 Å². The van der Waals surface area contributed by atoms with E-state index in [1.54, 1.807) is 11.3 Å². The second-order valence-corrected chi connectivity index (χ2v) is 4.81. The van der Waals surface area contributed by atoms with Gasteiger partial charge in [-0.2, -0.15) is 5.10 Å². The van der Waals surface area contributed by atoms with Crippen molar-refractivity contribution in [3.05, 3.63) is 28.8 Å². The van der Waals surface area contributed by atoms with E-state index in [4.69, 9.17) is 5.73 Å². The molecule has 2 aromatic heterocycles. The van der Waals surface area contributed by atoms with Crippen molar-refractivity contribution in [1.82, 2.24) is 10.2 Å². The molecule has 1 unspecified atom stereocenters. The number of nitrogens with one attached hydrogen (secondary N) is 1. The van der Waals surface area contributed by atoms with Gasteiger partial charge in [0.1, 0.15) is 5.69 Å². The van der Waals surface area contributed by atoms with Crippen LogP contribution in [0.5, 0.6) is 0 Å². The van der Waals surface area contributed by atoms with Crippen molar-refractivity contribution >= 4 is 11.3 Å². The quantitative estimate of drug-likeness (QED) is 0.835. The van der Waals surface area contributed by atoms with Crippen molar-refractivity contribution in [2.24, 2.45) is 5.73 Å². The Balaban J connectivity index is 2.24. The largest absolute Gasteiger partial charge is 0.328 e. The molecule has 0 fully saturated rings. The fourth-order valence-corrected chi connectivity index (χ4v) is 2.45. The van der Waals surface area contributed by atoms with Crippen LogP contribution in [0.25, 0.3) is 10.6 Å². The van der Waals surface area contributed by atoms with Crippen molar-refractivity contribution in [1.29, 1.82) is 0 Å². The first kappa shape index (κ1) is 10.4. The highest BCUT2D eigenvalue weighted by atomic mass is 32.1. The molecule has 3 N–H and O–H groups in total. The molecule has 4 heteroatoms. The van der Waals surface area contributed by atoms with Gasteiger partial charge in [0.15, 0.2) is 0 Å². The Morgan fingerprint density at radius 3 is 3.00 bits per heavy atom. The highest BCUT2D eigenvalue weighted by Crippen LogP contribution is 2.27. The minimum Gasteiger partial charge on any atom is -0.328 e. The number of hydrogen-bond acceptors (Lipinski definition) is 3. The van der Waals surface area contributed by atoms with Crippen LogP contribution >= 0.6 is 11.3 Å². The summed E-state index contributed by atoms with van der Waals surface area (Å²) in [6, 6.07) is 4.37. The monoisotopic (exact) mass is 221 g/mol. The Hall–Kier alpha value is -1.13. The van der Waals surface area contributed by atoms with E-state index in [0.29, 0.717) is 0 Å². The van der Waals surface area contributed by atoms with Gasteiger partial charge in [0.2, 0.25) is 0 Å². The molecule has 0 aromatic carbocycles. The van der Waals surface area contributed by atoms with Crippen LogP contribution in [0.2, 0.25) is 0 Å². The summed E-state index contributed by atoms with van der Waals surface area (Å²) in [4.78, 5) is 1.24. The van der Waals surface area contributed by atoms with Crippen LogP contribution in [0, 0.1) is 6.92 Å². The predicted molar refractivity (Wildman–Crippen MR) is 64.0 cm³/mol. The third kappa shape index (κ3) is 2.27. The van der Waals surface area contributed by atoms with E-state index in [1.807, 2.05) is 6.92 Å². The molecule has 0 radical (unpaired) electrons. The smallest absolute Gasteiger partial charge is 0.103 e. The van der Waals surface area contributed by atoms with Crippen LogP contribution in [-0.4, -0.2) is 16.2 Å². The van der Waals surface area contributed by atoms with Gasteiger partial charge >= 0.3 is 0 Å². The second kappa shape index (κ2) is 4.16. The summed E-state index contributed by atoms with van der Waals surface area (Å²) in [6.07, 6.45) is 0.845. The standard InChI is InChI=1S/C11H15N3S/c1-7-3-4-15-11(7)10-6-9(13-14-10)5-8(2)12/h3-4,6,8H,5,12H2,1-2H3,(H,13,14). The first-order valence-electron chi connectivity index (χ1n) is 5.01. The molecule has 2 rings (SSSR count). The van der Waals surface area contributed by atoms with Crippen molar-refractivity contribution < 1.29 is 0 Å². The SMILES string of the molecule is Cc1ccsc1-c1cc(CC(C)N)[nH]n1. The minimum absolute atomic E-state index is 0.169. The Bertz CT molecular complexity index is 442. The van der Waals surface area contributed by atoms with Gasteiger partial charge in [-0.1, -0.05) is 0 Å². The summed E-state index contributed by atoms with van der Waals surface area (Å²) in [6.45, 7) is 4.10. The lowest BCUT2D eigenvalue weighted by atomic mass is 10.1. The predicted octanol–water partition coefficient (Wildman–Crippen LogP) is 2.34. The molecule has 0 aliphatic heterocycles. The summed E-state index contributed by atoms with van der Waals surface area (Å²) in [7, 11) is 0. The maximum atomic E-state index is 5.74. The van der Waals surface area contributed by atoms with E-state index in [0.717, 1.165) is 17.8 Å². The number of aryl methyl sites for hydroxylation is 1. The maximum absolute atomic E-state index is 5.74. The molecule has 15 heavy (non-hydrogen) atoms. The molecular weight excluding hydrogens is 206 g/mol. The normalized spacial score (nSPS) is 13.0. The van der Waals surface area contributed by atoms with E-state index in [-0.39, 0.29) is 6.04 Å². The van der Waals surface area contributed by atoms with Gasteiger partial charge in [0.25, 0.3) is 0 Å². The summed E-state index contributed by atoms with van der Waals surface area (Å²) >= 11 is 1.72. The van der Waals surface area contributed by atoms with E-state index < -0.39 is 0 Å². The fourth-order valence-electron chi connectivity index (χ4n) is 1.56. The summed E-state index contributed by atoms with van der Waals surface area (Å²) in [5, 5.41) is 9.42. The van der Waals surface area contributed by atoms with Crippen molar-refractivity contribution in [2.75, 3.05) is 0 Å². The van der Waals surface area contributed by atoms with Gasteiger partial charge in [-0.05, 0) is 36.9 Å². The van der Waals surface area contributed by atoms with Gasteiger partial charge in [0.05, 0.1) is 4.88 Å². The lowest BCUT2D eigenvalue weighted by Crippen LogP contribution is -2.17. The number of nitrogens with zero attached hydrogens (tertiary/aromatic N) is 1. The van der Waals surface area contributed by atoms with Crippen LogP contribution in [0.3, 0.4) is 0 Å². The Labute approximate surface area is 93.3 Å². The molecule has 1 atom stereocenters. The number of H-pyrrole nitrogens is 1. The fraction of sp³-hybridized carbons (Fsp3) is 0.364. The zero-order chi connectivity index (χ0) is 10.8. The van der Waals surface area contributed by atoms with E-state index >= 15 is 0 Å². The number of thiophene rings is 1. The zero-order valence-corrected chi connectivity index (χ0v) is 9.77. The molecule has 2 heterocycles. The number of aromatic amines is 1. The third-order valence-corrected chi connectivity index (χ3v) is 3.31. The van der Waals surface area contributed by atoms with E-state index in [1.165, 1.54) is 10.4 Å². The molecule has 0 aliphatic rings. The van der Waals surface area contributed by atoms with Gasteiger partial charge in [0, 0.05) is 18.2 Å². The highest BCUT2D eigenvalue weighted by Gasteiger charge is 2.08. The molecule has 80 valence electrons. The molecule has 0 saturated heterocycles. The molecule has 0 saturated carbocycles. The Morgan fingerprint density at radius 2 is 2.40 bits per heavy atom. The molecular formula is C11H15N3S. The number of nitrogens with two attached hydrogens (primary N) is 1. The Morgan fingerprint density at radius 1 is 1.60 bits per heavy atom. The minimum atomic E-state index is 0.169. The zero-order valence-electron chi connectivity index (χ0n) is 8.95. The lowest BCUT2D eigenvalue weighted by Gasteiger charge is -1.99. The van der Waals surface area contributed by atoms with Gasteiger partial charge in [-0.25, -0.2) is 0 Å². The first-order chi connectivity index (χ1) is 7.16.